The minimum Gasteiger partial charge on any atom is -0.398 e. The fraction of sp³-hybridized carbons (Fsp3) is 0.533. The highest BCUT2D eigenvalue weighted by Crippen LogP contribution is 2.16. The Morgan fingerprint density at radius 1 is 1.26 bits per heavy atom. The van der Waals surface area contributed by atoms with Crippen molar-refractivity contribution < 1.29 is 4.79 Å². The van der Waals surface area contributed by atoms with E-state index in [1.807, 2.05) is 41.0 Å². The predicted molar refractivity (Wildman–Crippen MR) is 77.8 cm³/mol. The van der Waals surface area contributed by atoms with Crippen molar-refractivity contribution in [1.29, 1.82) is 0 Å². The van der Waals surface area contributed by atoms with Crippen molar-refractivity contribution in [3.05, 3.63) is 29.8 Å². The van der Waals surface area contributed by atoms with Crippen molar-refractivity contribution in [2.45, 2.75) is 32.7 Å². The van der Waals surface area contributed by atoms with Gasteiger partial charge in [0.15, 0.2) is 0 Å². The lowest BCUT2D eigenvalue weighted by Crippen LogP contribution is -2.45. The fourth-order valence-electron chi connectivity index (χ4n) is 2.48. The van der Waals surface area contributed by atoms with Crippen molar-refractivity contribution in [3.63, 3.8) is 0 Å². The quantitative estimate of drug-likeness (QED) is 0.850. The number of carbonyl (C=O) groups excluding carboxylic acids is 1. The highest BCUT2D eigenvalue weighted by Gasteiger charge is 2.21. The summed E-state index contributed by atoms with van der Waals surface area (Å²) in [5, 5.41) is 0. The van der Waals surface area contributed by atoms with Crippen LogP contribution >= 0.6 is 0 Å². The average molecular weight is 261 g/mol. The van der Waals surface area contributed by atoms with Crippen LogP contribution in [0, 0.1) is 0 Å². The Kier molecular flexibility index (Phi) is 4.66. The van der Waals surface area contributed by atoms with Crippen LogP contribution < -0.4 is 5.73 Å². The van der Waals surface area contributed by atoms with E-state index < -0.39 is 0 Å². The molecule has 1 aromatic rings. The first-order valence-electron chi connectivity index (χ1n) is 7.09. The van der Waals surface area contributed by atoms with Crippen LogP contribution in [-0.2, 0) is 6.54 Å². The van der Waals surface area contributed by atoms with Crippen LogP contribution in [0.3, 0.4) is 0 Å². The zero-order valence-electron chi connectivity index (χ0n) is 11.6. The first-order valence-corrected chi connectivity index (χ1v) is 7.09. The lowest BCUT2D eigenvalue weighted by atomic mass is 10.1. The number of nitrogens with zero attached hydrogens (tertiary/aromatic N) is 2. The highest BCUT2D eigenvalue weighted by atomic mass is 16.2. The molecule has 2 N–H and O–H groups in total. The van der Waals surface area contributed by atoms with Crippen LogP contribution in [0.5, 0.6) is 0 Å². The smallest absolute Gasteiger partial charge is 0.320 e. The van der Waals surface area contributed by atoms with Crippen LogP contribution in [-0.4, -0.2) is 35.5 Å². The van der Waals surface area contributed by atoms with E-state index in [1.54, 1.807) is 0 Å². The van der Waals surface area contributed by atoms with Crippen LogP contribution in [0.1, 0.15) is 31.7 Å². The molecule has 4 heteroatoms. The number of urea groups is 1. The molecular formula is C15H23N3O. The molecule has 1 fully saturated rings. The number of anilines is 1. The molecule has 0 spiro atoms. The first kappa shape index (κ1) is 13.7. The van der Waals surface area contributed by atoms with Crippen molar-refractivity contribution in [2.24, 2.45) is 0 Å². The predicted octanol–water partition coefficient (Wildman–Crippen LogP) is 2.70. The molecule has 0 aliphatic carbocycles. The van der Waals surface area contributed by atoms with Crippen LogP contribution in [0.25, 0.3) is 0 Å². The summed E-state index contributed by atoms with van der Waals surface area (Å²) in [6.07, 6.45) is 3.48. The van der Waals surface area contributed by atoms with Gasteiger partial charge in [-0.25, -0.2) is 4.79 Å². The minimum absolute atomic E-state index is 0.144. The number of nitrogens with two attached hydrogens (primary N) is 1. The summed E-state index contributed by atoms with van der Waals surface area (Å²) in [4.78, 5) is 16.3. The summed E-state index contributed by atoms with van der Waals surface area (Å²) in [5.41, 5.74) is 7.73. The Morgan fingerprint density at radius 2 is 1.95 bits per heavy atom. The summed E-state index contributed by atoms with van der Waals surface area (Å²) >= 11 is 0. The third-order valence-corrected chi connectivity index (χ3v) is 3.70. The molecule has 2 amide bonds. The summed E-state index contributed by atoms with van der Waals surface area (Å²) in [6.45, 7) is 5.10. The zero-order chi connectivity index (χ0) is 13.7. The third-order valence-electron chi connectivity index (χ3n) is 3.70. The van der Waals surface area contributed by atoms with Gasteiger partial charge in [0.2, 0.25) is 0 Å². The van der Waals surface area contributed by atoms with Gasteiger partial charge in [-0.05, 0) is 37.8 Å². The van der Waals surface area contributed by atoms with E-state index >= 15 is 0 Å². The highest BCUT2D eigenvalue weighted by molar-refractivity contribution is 5.74. The number of para-hydroxylation sites is 1. The minimum atomic E-state index is 0.144. The van der Waals surface area contributed by atoms with Gasteiger partial charge in [-0.1, -0.05) is 18.2 Å². The van der Waals surface area contributed by atoms with Gasteiger partial charge in [-0.3, -0.25) is 0 Å². The number of hydrogen-bond acceptors (Lipinski definition) is 2. The van der Waals surface area contributed by atoms with Crippen molar-refractivity contribution in [1.82, 2.24) is 9.80 Å². The second-order valence-corrected chi connectivity index (χ2v) is 5.04. The molecule has 104 valence electrons. The van der Waals surface area contributed by atoms with Gasteiger partial charge in [0.05, 0.1) is 0 Å². The summed E-state index contributed by atoms with van der Waals surface area (Å²) in [5.74, 6) is 0. The maximum Gasteiger partial charge on any atom is 0.320 e. The van der Waals surface area contributed by atoms with Crippen LogP contribution in [0.2, 0.25) is 0 Å². The molecule has 1 aliphatic heterocycles. The molecule has 0 radical (unpaired) electrons. The molecule has 19 heavy (non-hydrogen) atoms. The van der Waals surface area contributed by atoms with Crippen molar-refractivity contribution in [2.75, 3.05) is 25.4 Å². The van der Waals surface area contributed by atoms with Gasteiger partial charge < -0.3 is 15.5 Å². The number of nitrogen functional groups attached to an aromatic ring is 1. The van der Waals surface area contributed by atoms with E-state index in [2.05, 4.69) is 0 Å². The Labute approximate surface area is 115 Å². The van der Waals surface area contributed by atoms with Gasteiger partial charge in [0, 0.05) is 31.9 Å². The molecule has 2 rings (SSSR count). The lowest BCUT2D eigenvalue weighted by Gasteiger charge is -2.32. The summed E-state index contributed by atoms with van der Waals surface area (Å²) in [7, 11) is 0. The largest absolute Gasteiger partial charge is 0.398 e. The van der Waals surface area contributed by atoms with E-state index in [-0.39, 0.29) is 6.03 Å². The maximum atomic E-state index is 12.5. The molecule has 0 atom stereocenters. The van der Waals surface area contributed by atoms with Gasteiger partial charge in [0.1, 0.15) is 0 Å². The Balaban J connectivity index is 2.03. The molecule has 0 unspecified atom stereocenters. The molecule has 1 heterocycles. The van der Waals surface area contributed by atoms with Gasteiger partial charge in [-0.2, -0.15) is 0 Å². The summed E-state index contributed by atoms with van der Waals surface area (Å²) in [6, 6.07) is 7.90. The van der Waals surface area contributed by atoms with E-state index in [0.717, 1.165) is 37.2 Å². The van der Waals surface area contributed by atoms with E-state index in [1.165, 1.54) is 6.42 Å². The normalized spacial score (nSPS) is 15.3. The van der Waals surface area contributed by atoms with Crippen LogP contribution in [0.15, 0.2) is 24.3 Å². The zero-order valence-corrected chi connectivity index (χ0v) is 11.6. The Morgan fingerprint density at radius 3 is 2.58 bits per heavy atom. The average Bonchev–Trinajstić information content (AvgIpc) is 2.47. The van der Waals surface area contributed by atoms with Crippen molar-refractivity contribution in [3.8, 4) is 0 Å². The number of piperidine rings is 1. The molecule has 0 saturated carbocycles. The molecule has 4 nitrogen and oxygen atoms in total. The maximum absolute atomic E-state index is 12.5. The van der Waals surface area contributed by atoms with E-state index in [0.29, 0.717) is 13.1 Å². The number of likely N-dealkylation sites (tertiary alicyclic amines) is 1. The molecule has 1 aliphatic rings. The molecule has 1 saturated heterocycles. The Hall–Kier alpha value is -1.71. The monoisotopic (exact) mass is 261 g/mol. The van der Waals surface area contributed by atoms with Crippen molar-refractivity contribution >= 4 is 11.7 Å². The molecule has 0 bridgehead atoms. The summed E-state index contributed by atoms with van der Waals surface area (Å²) < 4.78 is 0. The standard InChI is InChI=1S/C15H23N3O/c1-2-17(12-13-8-4-5-9-14(13)16)15(19)18-10-6-3-7-11-18/h4-5,8-9H,2-3,6-7,10-12,16H2,1H3. The number of benzene rings is 1. The number of carbonyl (C=O) groups is 1. The topological polar surface area (TPSA) is 49.6 Å². The molecule has 0 aromatic heterocycles. The first-order chi connectivity index (χ1) is 9.22. The van der Waals surface area contributed by atoms with Gasteiger partial charge >= 0.3 is 6.03 Å². The van der Waals surface area contributed by atoms with Gasteiger partial charge in [-0.15, -0.1) is 0 Å². The molecular weight excluding hydrogens is 238 g/mol. The number of hydrogen-bond donors (Lipinski definition) is 1. The third kappa shape index (κ3) is 3.40. The molecule has 1 aromatic carbocycles. The van der Waals surface area contributed by atoms with E-state index in [4.69, 9.17) is 5.73 Å². The number of amides is 2. The van der Waals surface area contributed by atoms with E-state index in [9.17, 15) is 4.79 Å². The number of rotatable bonds is 3. The second-order valence-electron chi connectivity index (χ2n) is 5.04. The van der Waals surface area contributed by atoms with Crippen LogP contribution in [0.4, 0.5) is 10.5 Å². The Bertz CT molecular complexity index is 427. The van der Waals surface area contributed by atoms with Gasteiger partial charge in [0.25, 0.3) is 0 Å². The second kappa shape index (κ2) is 6.45. The SMILES string of the molecule is CCN(Cc1ccccc1N)C(=O)N1CCCCC1. The lowest BCUT2D eigenvalue weighted by molar-refractivity contribution is 0.143. The fourth-order valence-corrected chi connectivity index (χ4v) is 2.48.